The lowest BCUT2D eigenvalue weighted by molar-refractivity contribution is 0.0729. The van der Waals surface area contributed by atoms with Crippen LogP contribution in [0.1, 0.15) is 0 Å². The number of anilines is 2. The number of halogens is 1. The first-order valence-electron chi connectivity index (χ1n) is 6.49. The van der Waals surface area contributed by atoms with E-state index < -0.39 is 0 Å². The average Bonchev–Trinajstić information content (AvgIpc) is 2.47. The lowest BCUT2D eigenvalue weighted by atomic mass is 10.1. The van der Waals surface area contributed by atoms with Crippen molar-refractivity contribution >= 4 is 38.2 Å². The van der Waals surface area contributed by atoms with Gasteiger partial charge in [0, 0.05) is 16.4 Å². The molecule has 1 aromatic carbocycles. The van der Waals surface area contributed by atoms with Crippen LogP contribution in [0.15, 0.2) is 28.9 Å². The smallest absolute Gasteiger partial charge is 0.0756 e. The number of pyridine rings is 1. The molecule has 106 valence electrons. The molecular weight excluding hydrogens is 322 g/mol. The lowest BCUT2D eigenvalue weighted by Crippen LogP contribution is -2.48. The van der Waals surface area contributed by atoms with Crippen LogP contribution >= 0.6 is 15.9 Å². The van der Waals surface area contributed by atoms with Gasteiger partial charge < -0.3 is 20.5 Å². The summed E-state index contributed by atoms with van der Waals surface area (Å²) < 4.78 is 6.41. The van der Waals surface area contributed by atoms with Gasteiger partial charge in [-0.2, -0.15) is 0 Å². The van der Waals surface area contributed by atoms with Crippen molar-refractivity contribution in [3.63, 3.8) is 0 Å². The summed E-state index contributed by atoms with van der Waals surface area (Å²) in [5.74, 6) is 0. The van der Waals surface area contributed by atoms with Crippen molar-refractivity contribution in [1.29, 1.82) is 0 Å². The monoisotopic (exact) mass is 337 g/mol. The summed E-state index contributed by atoms with van der Waals surface area (Å²) >= 11 is 3.49. The Balaban J connectivity index is 2.17. The number of fused-ring (bicyclic) bond motifs is 1. The van der Waals surface area contributed by atoms with Crippen molar-refractivity contribution in [3.8, 4) is 0 Å². The molecule has 1 aromatic heterocycles. The number of nitrogen functional groups attached to an aromatic ring is 1. The van der Waals surface area contributed by atoms with E-state index in [0.717, 1.165) is 21.1 Å². The fraction of sp³-hybridized carbons (Fsp3) is 0.357. The molecule has 2 heterocycles. The summed E-state index contributed by atoms with van der Waals surface area (Å²) in [7, 11) is 0. The maximum atomic E-state index is 9.55. The molecule has 0 spiro atoms. The van der Waals surface area contributed by atoms with Crippen LogP contribution in [0.5, 0.6) is 0 Å². The molecule has 0 saturated carbocycles. The van der Waals surface area contributed by atoms with E-state index in [-0.39, 0.29) is 12.6 Å². The number of benzene rings is 1. The first-order chi connectivity index (χ1) is 9.70. The van der Waals surface area contributed by atoms with Crippen LogP contribution in [-0.4, -0.2) is 42.5 Å². The Bertz CT molecular complexity index is 630. The van der Waals surface area contributed by atoms with Gasteiger partial charge in [0.05, 0.1) is 49.0 Å². The largest absolute Gasteiger partial charge is 0.396 e. The van der Waals surface area contributed by atoms with E-state index in [1.807, 2.05) is 18.2 Å². The third kappa shape index (κ3) is 2.34. The number of aromatic nitrogens is 1. The Morgan fingerprint density at radius 3 is 3.15 bits per heavy atom. The first-order valence-corrected chi connectivity index (χ1v) is 7.29. The zero-order valence-electron chi connectivity index (χ0n) is 10.9. The molecule has 1 unspecified atom stereocenters. The summed E-state index contributed by atoms with van der Waals surface area (Å²) in [5.41, 5.74) is 8.58. The molecule has 5 nitrogen and oxygen atoms in total. The molecular formula is C14H16BrN3O2. The maximum Gasteiger partial charge on any atom is 0.0756 e. The standard InChI is InChI=1S/C14H16BrN3O2/c15-9-1-2-13-11(5-9)14(12(16)6-17-13)18-3-4-20-8-10(18)7-19/h1-2,5-6,10,19H,3-4,7-8,16H2. The van der Waals surface area contributed by atoms with E-state index in [4.69, 9.17) is 10.5 Å². The second-order valence-corrected chi connectivity index (χ2v) is 5.74. The predicted octanol–water partition coefficient (Wildman–Crippen LogP) is 1.78. The second kappa shape index (κ2) is 5.55. The minimum Gasteiger partial charge on any atom is -0.396 e. The number of nitrogens with zero attached hydrogens (tertiary/aromatic N) is 2. The normalized spacial score (nSPS) is 19.5. The third-order valence-electron chi connectivity index (χ3n) is 3.56. The van der Waals surface area contributed by atoms with Crippen LogP contribution in [0.25, 0.3) is 10.9 Å². The van der Waals surface area contributed by atoms with E-state index in [2.05, 4.69) is 25.8 Å². The van der Waals surface area contributed by atoms with Gasteiger partial charge in [-0.3, -0.25) is 4.98 Å². The molecule has 1 atom stereocenters. The highest BCUT2D eigenvalue weighted by Crippen LogP contribution is 2.34. The number of rotatable bonds is 2. The van der Waals surface area contributed by atoms with Gasteiger partial charge in [-0.15, -0.1) is 0 Å². The number of morpholine rings is 1. The second-order valence-electron chi connectivity index (χ2n) is 4.83. The van der Waals surface area contributed by atoms with Crippen LogP contribution in [0.3, 0.4) is 0 Å². The van der Waals surface area contributed by atoms with Gasteiger partial charge in [-0.05, 0) is 18.2 Å². The highest BCUT2D eigenvalue weighted by atomic mass is 79.9. The molecule has 0 radical (unpaired) electrons. The summed E-state index contributed by atoms with van der Waals surface area (Å²) in [4.78, 5) is 6.48. The van der Waals surface area contributed by atoms with Crippen molar-refractivity contribution in [3.05, 3.63) is 28.9 Å². The SMILES string of the molecule is Nc1cnc2ccc(Br)cc2c1N1CCOCC1CO. The van der Waals surface area contributed by atoms with Crippen LogP contribution in [0.2, 0.25) is 0 Å². The summed E-state index contributed by atoms with van der Waals surface area (Å²) in [5, 5.41) is 10.5. The van der Waals surface area contributed by atoms with Gasteiger partial charge in [-0.1, -0.05) is 15.9 Å². The van der Waals surface area contributed by atoms with Crippen molar-refractivity contribution in [2.75, 3.05) is 37.0 Å². The summed E-state index contributed by atoms with van der Waals surface area (Å²) in [6.07, 6.45) is 1.68. The average molecular weight is 338 g/mol. The number of hydrogen-bond acceptors (Lipinski definition) is 5. The highest BCUT2D eigenvalue weighted by molar-refractivity contribution is 9.10. The summed E-state index contributed by atoms with van der Waals surface area (Å²) in [6, 6.07) is 5.85. The van der Waals surface area contributed by atoms with E-state index in [0.29, 0.717) is 25.4 Å². The number of hydrogen-bond donors (Lipinski definition) is 2. The van der Waals surface area contributed by atoms with Crippen molar-refractivity contribution in [2.45, 2.75) is 6.04 Å². The molecule has 1 fully saturated rings. The van der Waals surface area contributed by atoms with Gasteiger partial charge >= 0.3 is 0 Å². The molecule has 0 amide bonds. The van der Waals surface area contributed by atoms with Crippen molar-refractivity contribution in [1.82, 2.24) is 4.98 Å². The minimum absolute atomic E-state index is 0.0389. The summed E-state index contributed by atoms with van der Waals surface area (Å²) in [6.45, 7) is 1.89. The zero-order chi connectivity index (χ0) is 14.1. The van der Waals surface area contributed by atoms with Gasteiger partial charge in [0.1, 0.15) is 0 Å². The van der Waals surface area contributed by atoms with Crippen LogP contribution < -0.4 is 10.6 Å². The molecule has 0 aliphatic carbocycles. The molecule has 1 aliphatic rings. The van der Waals surface area contributed by atoms with Gasteiger partial charge in [0.15, 0.2) is 0 Å². The van der Waals surface area contributed by atoms with E-state index in [1.165, 1.54) is 0 Å². The quantitative estimate of drug-likeness (QED) is 0.873. The number of aliphatic hydroxyl groups is 1. The van der Waals surface area contributed by atoms with Crippen molar-refractivity contribution in [2.24, 2.45) is 0 Å². The van der Waals surface area contributed by atoms with E-state index >= 15 is 0 Å². The highest BCUT2D eigenvalue weighted by Gasteiger charge is 2.25. The zero-order valence-corrected chi connectivity index (χ0v) is 12.5. The molecule has 1 saturated heterocycles. The fourth-order valence-electron chi connectivity index (χ4n) is 2.59. The Hall–Kier alpha value is -1.37. The Morgan fingerprint density at radius 1 is 1.50 bits per heavy atom. The lowest BCUT2D eigenvalue weighted by Gasteiger charge is -2.37. The molecule has 3 rings (SSSR count). The molecule has 2 aromatic rings. The van der Waals surface area contributed by atoms with Gasteiger partial charge in [-0.25, -0.2) is 0 Å². The molecule has 0 bridgehead atoms. The Morgan fingerprint density at radius 2 is 2.35 bits per heavy atom. The number of aliphatic hydroxyl groups excluding tert-OH is 1. The Kier molecular flexibility index (Phi) is 3.78. The molecule has 6 heteroatoms. The maximum absolute atomic E-state index is 9.55. The minimum atomic E-state index is -0.0735. The third-order valence-corrected chi connectivity index (χ3v) is 4.05. The van der Waals surface area contributed by atoms with Crippen molar-refractivity contribution < 1.29 is 9.84 Å². The molecule has 3 N–H and O–H groups in total. The Labute approximate surface area is 125 Å². The fourth-order valence-corrected chi connectivity index (χ4v) is 2.95. The molecule has 1 aliphatic heterocycles. The topological polar surface area (TPSA) is 71.6 Å². The molecule has 20 heavy (non-hydrogen) atoms. The first kappa shape index (κ1) is 13.6. The van der Waals surface area contributed by atoms with Gasteiger partial charge in [0.2, 0.25) is 0 Å². The van der Waals surface area contributed by atoms with E-state index in [1.54, 1.807) is 6.20 Å². The van der Waals surface area contributed by atoms with E-state index in [9.17, 15) is 5.11 Å². The predicted molar refractivity (Wildman–Crippen MR) is 82.9 cm³/mol. The van der Waals surface area contributed by atoms with Crippen LogP contribution in [0.4, 0.5) is 11.4 Å². The van der Waals surface area contributed by atoms with Gasteiger partial charge in [0.25, 0.3) is 0 Å². The van der Waals surface area contributed by atoms with Crippen LogP contribution in [0, 0.1) is 0 Å². The van der Waals surface area contributed by atoms with Crippen LogP contribution in [-0.2, 0) is 4.74 Å². The number of nitrogens with two attached hydrogens (primary N) is 1. The number of ether oxygens (including phenoxy) is 1.